The molecule has 0 spiro atoms. The Hall–Kier alpha value is -3.49. The van der Waals surface area contributed by atoms with Gasteiger partial charge in [0.2, 0.25) is 10.0 Å². The average Bonchev–Trinajstić information content (AvgIpc) is 2.83. The minimum atomic E-state index is -3.69. The molecule has 0 saturated heterocycles. The molecule has 0 radical (unpaired) electrons. The van der Waals surface area contributed by atoms with Crippen molar-refractivity contribution in [3.63, 3.8) is 0 Å². The van der Waals surface area contributed by atoms with Crippen molar-refractivity contribution in [2.45, 2.75) is 17.9 Å². The normalized spacial score (nSPS) is 13.8. The molecule has 1 aliphatic heterocycles. The quantitative estimate of drug-likeness (QED) is 0.601. The van der Waals surface area contributed by atoms with E-state index in [9.17, 15) is 18.0 Å². The number of fused-ring (bicyclic) bond motifs is 1. The summed E-state index contributed by atoms with van der Waals surface area (Å²) in [6.07, 6.45) is 0.662. The highest BCUT2D eigenvalue weighted by Gasteiger charge is 2.28. The number of carbonyl (C=O) groups is 2. The van der Waals surface area contributed by atoms with Crippen LogP contribution in [0.2, 0.25) is 0 Å². The monoisotopic (exact) mass is 450 g/mol. The summed E-state index contributed by atoms with van der Waals surface area (Å²) >= 11 is 0. The number of para-hydroxylation sites is 1. The van der Waals surface area contributed by atoms with Crippen LogP contribution in [0.25, 0.3) is 0 Å². The Labute approximate surface area is 186 Å². The smallest absolute Gasteiger partial charge is 0.339 e. The Morgan fingerprint density at radius 2 is 1.56 bits per heavy atom. The maximum Gasteiger partial charge on any atom is 0.339 e. The molecule has 1 heterocycles. The molecule has 32 heavy (non-hydrogen) atoms. The van der Waals surface area contributed by atoms with Gasteiger partial charge in [-0.1, -0.05) is 36.4 Å². The van der Waals surface area contributed by atoms with Gasteiger partial charge in [-0.2, -0.15) is 4.31 Å². The number of esters is 1. The highest BCUT2D eigenvalue weighted by molar-refractivity contribution is 7.89. The summed E-state index contributed by atoms with van der Waals surface area (Å²) in [5.41, 5.74) is 2.98. The summed E-state index contributed by atoms with van der Waals surface area (Å²) in [6, 6.07) is 20.1. The Morgan fingerprint density at radius 1 is 0.906 bits per heavy atom. The lowest BCUT2D eigenvalue weighted by Gasteiger charge is -2.28. The average molecular weight is 451 g/mol. The lowest BCUT2D eigenvalue weighted by Crippen LogP contribution is -2.35. The van der Waals surface area contributed by atoms with Crippen molar-refractivity contribution in [3.05, 3.63) is 95.1 Å². The molecular weight excluding hydrogens is 428 g/mol. The van der Waals surface area contributed by atoms with E-state index in [0.717, 1.165) is 5.56 Å². The molecule has 0 saturated carbocycles. The van der Waals surface area contributed by atoms with Crippen LogP contribution in [0.1, 0.15) is 31.8 Å². The first-order chi connectivity index (χ1) is 15.4. The zero-order valence-electron chi connectivity index (χ0n) is 17.4. The van der Waals surface area contributed by atoms with E-state index in [4.69, 9.17) is 4.74 Å². The maximum atomic E-state index is 13.1. The summed E-state index contributed by atoms with van der Waals surface area (Å²) in [5, 5.41) is 2.67. The Morgan fingerprint density at radius 3 is 2.28 bits per heavy atom. The number of hydrogen-bond donors (Lipinski definition) is 1. The van der Waals surface area contributed by atoms with Crippen LogP contribution in [0.5, 0.6) is 0 Å². The van der Waals surface area contributed by atoms with Gasteiger partial charge in [-0.25, -0.2) is 13.2 Å². The maximum absolute atomic E-state index is 13.1. The lowest BCUT2D eigenvalue weighted by molar-refractivity contribution is 0.0602. The minimum Gasteiger partial charge on any atom is -0.465 e. The highest BCUT2D eigenvalue weighted by atomic mass is 32.2. The molecule has 0 aliphatic carbocycles. The molecule has 0 atom stereocenters. The standard InChI is InChI=1S/C24H22N2O5S/c1-31-24(28)21-8-4-5-9-22(21)25-23(27)18-10-12-20(13-11-18)32(29,30)26-15-14-17-6-2-3-7-19(17)16-26/h2-13H,14-16H2,1H3,(H,25,27). The van der Waals surface area contributed by atoms with E-state index >= 15 is 0 Å². The summed E-state index contributed by atoms with van der Waals surface area (Å²) in [7, 11) is -2.42. The van der Waals surface area contributed by atoms with Gasteiger partial charge in [0.05, 0.1) is 23.3 Å². The van der Waals surface area contributed by atoms with Gasteiger partial charge in [-0.3, -0.25) is 4.79 Å². The molecule has 8 heteroatoms. The van der Waals surface area contributed by atoms with E-state index < -0.39 is 21.9 Å². The van der Waals surface area contributed by atoms with Gasteiger partial charge in [-0.15, -0.1) is 0 Å². The van der Waals surface area contributed by atoms with Gasteiger partial charge in [0, 0.05) is 18.7 Å². The second-order valence-electron chi connectivity index (χ2n) is 7.37. The number of rotatable bonds is 5. The van der Waals surface area contributed by atoms with Crippen molar-refractivity contribution in [2.75, 3.05) is 19.0 Å². The fraction of sp³-hybridized carbons (Fsp3) is 0.167. The van der Waals surface area contributed by atoms with Crippen molar-refractivity contribution in [2.24, 2.45) is 0 Å². The number of methoxy groups -OCH3 is 1. The highest BCUT2D eigenvalue weighted by Crippen LogP contribution is 2.25. The van der Waals surface area contributed by atoms with Crippen molar-refractivity contribution >= 4 is 27.6 Å². The van der Waals surface area contributed by atoms with Gasteiger partial charge < -0.3 is 10.1 Å². The van der Waals surface area contributed by atoms with Gasteiger partial charge in [-0.05, 0) is 53.9 Å². The fourth-order valence-corrected chi connectivity index (χ4v) is 5.10. The van der Waals surface area contributed by atoms with Crippen LogP contribution in [0, 0.1) is 0 Å². The SMILES string of the molecule is COC(=O)c1ccccc1NC(=O)c1ccc(S(=O)(=O)N2CCc3ccccc3C2)cc1. The molecule has 3 aromatic rings. The number of ether oxygens (including phenoxy) is 1. The number of sulfonamides is 1. The van der Waals surface area contributed by atoms with E-state index in [0.29, 0.717) is 25.2 Å². The molecule has 1 N–H and O–H groups in total. The third-order valence-corrected chi connectivity index (χ3v) is 7.29. The summed E-state index contributed by atoms with van der Waals surface area (Å²) in [6.45, 7) is 0.733. The zero-order chi connectivity index (χ0) is 22.7. The number of hydrogen-bond acceptors (Lipinski definition) is 5. The van der Waals surface area contributed by atoms with Crippen molar-refractivity contribution in [1.29, 1.82) is 0 Å². The molecule has 0 unspecified atom stereocenters. The van der Waals surface area contributed by atoms with E-state index in [-0.39, 0.29) is 16.0 Å². The van der Waals surface area contributed by atoms with Crippen LogP contribution in [0.4, 0.5) is 5.69 Å². The van der Waals surface area contributed by atoms with E-state index in [1.54, 1.807) is 24.3 Å². The van der Waals surface area contributed by atoms with Gasteiger partial charge in [0.1, 0.15) is 0 Å². The molecule has 4 rings (SSSR count). The number of anilines is 1. The van der Waals surface area contributed by atoms with E-state index in [2.05, 4.69) is 5.32 Å². The number of nitrogens with one attached hydrogen (secondary N) is 1. The molecule has 7 nitrogen and oxygen atoms in total. The van der Waals surface area contributed by atoms with Crippen LogP contribution in [-0.2, 0) is 27.7 Å². The molecule has 1 amide bonds. The Balaban J connectivity index is 1.51. The molecule has 3 aromatic carbocycles. The molecule has 0 bridgehead atoms. The van der Waals surface area contributed by atoms with Gasteiger partial charge in [0.25, 0.3) is 5.91 Å². The number of benzene rings is 3. The third kappa shape index (κ3) is 4.28. The molecule has 1 aliphatic rings. The Kier molecular flexibility index (Phi) is 6.07. The molecule has 0 aromatic heterocycles. The van der Waals surface area contributed by atoms with Crippen LogP contribution in [0.3, 0.4) is 0 Å². The Bertz CT molecular complexity index is 1270. The first-order valence-electron chi connectivity index (χ1n) is 10.1. The van der Waals surface area contributed by atoms with Crippen LogP contribution >= 0.6 is 0 Å². The van der Waals surface area contributed by atoms with Gasteiger partial charge in [0.15, 0.2) is 0 Å². The largest absolute Gasteiger partial charge is 0.465 e. The molecule has 164 valence electrons. The minimum absolute atomic E-state index is 0.128. The lowest BCUT2D eigenvalue weighted by atomic mass is 10.0. The zero-order valence-corrected chi connectivity index (χ0v) is 18.3. The van der Waals surface area contributed by atoms with Gasteiger partial charge >= 0.3 is 5.97 Å². The number of nitrogens with zero attached hydrogens (tertiary/aromatic N) is 1. The molecular formula is C24H22N2O5S. The van der Waals surface area contributed by atoms with E-state index in [1.165, 1.54) is 41.2 Å². The second kappa shape index (κ2) is 8.94. The summed E-state index contributed by atoms with van der Waals surface area (Å²) in [4.78, 5) is 24.7. The summed E-state index contributed by atoms with van der Waals surface area (Å²) in [5.74, 6) is -1.03. The molecule has 0 fully saturated rings. The number of carbonyl (C=O) groups excluding carboxylic acids is 2. The van der Waals surface area contributed by atoms with Crippen molar-refractivity contribution in [1.82, 2.24) is 4.31 Å². The van der Waals surface area contributed by atoms with E-state index in [1.807, 2.05) is 24.3 Å². The second-order valence-corrected chi connectivity index (χ2v) is 9.31. The van der Waals surface area contributed by atoms with Crippen LogP contribution in [0.15, 0.2) is 77.7 Å². The first kappa shape index (κ1) is 21.7. The summed E-state index contributed by atoms with van der Waals surface area (Å²) < 4.78 is 32.4. The fourth-order valence-electron chi connectivity index (χ4n) is 3.68. The predicted octanol–water partition coefficient (Wildman–Crippen LogP) is 3.47. The van der Waals surface area contributed by atoms with Crippen LogP contribution in [-0.4, -0.2) is 38.3 Å². The number of amides is 1. The predicted molar refractivity (Wildman–Crippen MR) is 120 cm³/mol. The topological polar surface area (TPSA) is 92.8 Å². The first-order valence-corrected chi connectivity index (χ1v) is 11.5. The third-order valence-electron chi connectivity index (χ3n) is 5.43. The van der Waals surface area contributed by atoms with Crippen LogP contribution < -0.4 is 5.32 Å². The van der Waals surface area contributed by atoms with Crippen molar-refractivity contribution < 1.29 is 22.7 Å². The van der Waals surface area contributed by atoms with Crippen molar-refractivity contribution in [3.8, 4) is 0 Å².